The molecule has 0 atom stereocenters. The second-order valence-corrected chi connectivity index (χ2v) is 3.69. The van der Waals surface area contributed by atoms with E-state index in [1.807, 2.05) is 26.0 Å². The van der Waals surface area contributed by atoms with Crippen molar-refractivity contribution in [3.63, 3.8) is 0 Å². The largest absolute Gasteiger partial charge is 0.463 e. The molecule has 1 aromatic carbocycles. The summed E-state index contributed by atoms with van der Waals surface area (Å²) in [5, 5.41) is 0. The highest BCUT2D eigenvalue weighted by atomic mass is 16.5. The van der Waals surface area contributed by atoms with Crippen LogP contribution >= 0.6 is 0 Å². The van der Waals surface area contributed by atoms with Crippen LogP contribution in [0.3, 0.4) is 0 Å². The third kappa shape index (κ3) is 3.46. The van der Waals surface area contributed by atoms with Gasteiger partial charge in [-0.1, -0.05) is 23.3 Å². The minimum absolute atomic E-state index is 0.347. The fourth-order valence-electron chi connectivity index (χ4n) is 1.62. The number of carbonyl (C=O) groups excluding carboxylic acids is 1. The van der Waals surface area contributed by atoms with Gasteiger partial charge in [0.1, 0.15) is 0 Å². The molecule has 88 valence electrons. The van der Waals surface area contributed by atoms with Crippen LogP contribution in [0.5, 0.6) is 0 Å². The van der Waals surface area contributed by atoms with Crippen molar-refractivity contribution < 1.29 is 9.53 Å². The van der Waals surface area contributed by atoms with Gasteiger partial charge >= 0.3 is 5.97 Å². The van der Waals surface area contributed by atoms with Gasteiger partial charge in [0.25, 0.3) is 0 Å². The van der Waals surface area contributed by atoms with E-state index in [2.05, 4.69) is 4.85 Å². The van der Waals surface area contributed by atoms with Gasteiger partial charge < -0.3 is 4.74 Å². The summed E-state index contributed by atoms with van der Waals surface area (Å²) in [5.74, 6) is -0.347. The van der Waals surface area contributed by atoms with E-state index in [4.69, 9.17) is 11.3 Å². The maximum Gasteiger partial charge on any atom is 0.330 e. The first kappa shape index (κ1) is 13.0. The fraction of sp³-hybridized carbons (Fsp3) is 0.286. The van der Waals surface area contributed by atoms with Crippen molar-refractivity contribution in [3.05, 3.63) is 46.3 Å². The maximum absolute atomic E-state index is 11.2. The zero-order valence-electron chi connectivity index (χ0n) is 10.3. The number of hydrogen-bond donors (Lipinski definition) is 0. The van der Waals surface area contributed by atoms with E-state index in [9.17, 15) is 4.79 Å². The summed E-state index contributed by atoms with van der Waals surface area (Å²) < 4.78 is 4.81. The molecule has 0 fully saturated rings. The molecule has 0 heterocycles. The van der Waals surface area contributed by atoms with Crippen LogP contribution in [0.15, 0.2) is 18.2 Å². The summed E-state index contributed by atoms with van der Waals surface area (Å²) in [6.07, 6.45) is 3.15. The maximum atomic E-state index is 11.2. The van der Waals surface area contributed by atoms with Gasteiger partial charge in [-0.2, -0.15) is 0 Å². The van der Waals surface area contributed by atoms with E-state index < -0.39 is 0 Å². The second kappa shape index (κ2) is 5.86. The number of rotatable bonds is 3. The number of esters is 1. The van der Waals surface area contributed by atoms with Crippen LogP contribution in [-0.2, 0) is 9.53 Å². The summed E-state index contributed by atoms with van der Waals surface area (Å²) in [7, 11) is 0. The summed E-state index contributed by atoms with van der Waals surface area (Å²) in [6, 6.07) is 3.62. The topological polar surface area (TPSA) is 30.7 Å². The molecule has 0 spiro atoms. The number of aryl methyl sites for hydroxylation is 2. The van der Waals surface area contributed by atoms with Gasteiger partial charge in [-0.3, -0.25) is 0 Å². The molecule has 0 aliphatic rings. The standard InChI is InChI=1S/C14H15NO2/c1-5-17-14(16)7-6-13-10(2)8-12(15-4)9-11(13)3/h6-9H,5H2,1-3H3/b7-6+. The summed E-state index contributed by atoms with van der Waals surface area (Å²) in [6.45, 7) is 13.0. The zero-order chi connectivity index (χ0) is 12.8. The summed E-state index contributed by atoms with van der Waals surface area (Å²) in [5.41, 5.74) is 3.55. The third-order valence-corrected chi connectivity index (χ3v) is 2.38. The quantitative estimate of drug-likeness (QED) is 0.451. The number of carbonyl (C=O) groups is 1. The predicted octanol–water partition coefficient (Wildman–Crippen LogP) is 3.43. The molecule has 3 nitrogen and oxygen atoms in total. The molecule has 17 heavy (non-hydrogen) atoms. The van der Waals surface area contributed by atoms with Crippen molar-refractivity contribution in [2.45, 2.75) is 20.8 Å². The van der Waals surface area contributed by atoms with Gasteiger partial charge in [-0.25, -0.2) is 9.64 Å². The smallest absolute Gasteiger partial charge is 0.330 e. The van der Waals surface area contributed by atoms with Gasteiger partial charge in [-0.05, 0) is 32.4 Å². The average Bonchev–Trinajstić information content (AvgIpc) is 2.28. The Morgan fingerprint density at radius 1 is 1.41 bits per heavy atom. The Balaban J connectivity index is 3.00. The zero-order valence-corrected chi connectivity index (χ0v) is 10.3. The molecule has 0 radical (unpaired) electrons. The van der Waals surface area contributed by atoms with Crippen LogP contribution in [-0.4, -0.2) is 12.6 Å². The van der Waals surface area contributed by atoms with Crippen molar-refractivity contribution in [1.82, 2.24) is 0 Å². The molecular formula is C14H15NO2. The first-order chi connectivity index (χ1) is 8.08. The van der Waals surface area contributed by atoms with E-state index in [1.165, 1.54) is 6.08 Å². The summed E-state index contributed by atoms with van der Waals surface area (Å²) in [4.78, 5) is 14.6. The van der Waals surface area contributed by atoms with Crippen LogP contribution < -0.4 is 0 Å². The van der Waals surface area contributed by atoms with Crippen LogP contribution in [0.25, 0.3) is 10.9 Å². The fourth-order valence-corrected chi connectivity index (χ4v) is 1.62. The molecule has 0 bridgehead atoms. The van der Waals surface area contributed by atoms with Crippen LogP contribution in [0.4, 0.5) is 5.69 Å². The molecule has 0 aromatic heterocycles. The number of nitrogens with zero attached hydrogens (tertiary/aromatic N) is 1. The lowest BCUT2D eigenvalue weighted by Crippen LogP contribution is -1.99. The molecule has 0 aliphatic carbocycles. The van der Waals surface area contributed by atoms with Crippen LogP contribution in [0.2, 0.25) is 0 Å². The number of ether oxygens (including phenoxy) is 1. The van der Waals surface area contributed by atoms with Gasteiger partial charge in [0.15, 0.2) is 5.69 Å². The molecular weight excluding hydrogens is 214 g/mol. The van der Waals surface area contributed by atoms with Gasteiger partial charge in [0, 0.05) is 6.08 Å². The Labute approximate surface area is 102 Å². The first-order valence-electron chi connectivity index (χ1n) is 5.42. The van der Waals surface area contributed by atoms with Gasteiger partial charge in [0.05, 0.1) is 13.2 Å². The van der Waals surface area contributed by atoms with E-state index in [0.29, 0.717) is 12.3 Å². The molecule has 0 amide bonds. The normalized spacial score (nSPS) is 10.2. The molecule has 3 heteroatoms. The molecule has 0 N–H and O–H groups in total. The van der Waals surface area contributed by atoms with Crippen molar-refractivity contribution in [2.24, 2.45) is 0 Å². The lowest BCUT2D eigenvalue weighted by Gasteiger charge is -2.06. The van der Waals surface area contributed by atoms with Crippen LogP contribution in [0, 0.1) is 20.4 Å². The third-order valence-electron chi connectivity index (χ3n) is 2.38. The Kier molecular flexibility index (Phi) is 4.47. The molecule has 1 aromatic rings. The molecule has 0 unspecified atom stereocenters. The lowest BCUT2D eigenvalue weighted by molar-refractivity contribution is -0.137. The molecule has 0 saturated heterocycles. The minimum Gasteiger partial charge on any atom is -0.463 e. The average molecular weight is 229 g/mol. The van der Waals surface area contributed by atoms with E-state index in [1.54, 1.807) is 13.0 Å². The first-order valence-corrected chi connectivity index (χ1v) is 5.42. The van der Waals surface area contributed by atoms with Gasteiger partial charge in [-0.15, -0.1) is 0 Å². The predicted molar refractivity (Wildman–Crippen MR) is 67.8 cm³/mol. The van der Waals surface area contributed by atoms with E-state index >= 15 is 0 Å². The number of hydrogen-bond acceptors (Lipinski definition) is 2. The molecule has 1 rings (SSSR count). The Hall–Kier alpha value is -2.08. The monoisotopic (exact) mass is 229 g/mol. The lowest BCUT2D eigenvalue weighted by atomic mass is 10.0. The summed E-state index contributed by atoms with van der Waals surface area (Å²) >= 11 is 0. The van der Waals surface area contributed by atoms with Crippen molar-refractivity contribution in [2.75, 3.05) is 6.61 Å². The highest BCUT2D eigenvalue weighted by Crippen LogP contribution is 2.23. The van der Waals surface area contributed by atoms with Crippen molar-refractivity contribution in [1.29, 1.82) is 0 Å². The Bertz CT molecular complexity index is 472. The minimum atomic E-state index is -0.347. The highest BCUT2D eigenvalue weighted by molar-refractivity contribution is 5.87. The Morgan fingerprint density at radius 3 is 2.47 bits per heavy atom. The number of benzene rings is 1. The van der Waals surface area contributed by atoms with Crippen LogP contribution in [0.1, 0.15) is 23.6 Å². The van der Waals surface area contributed by atoms with Crippen molar-refractivity contribution >= 4 is 17.7 Å². The van der Waals surface area contributed by atoms with E-state index in [-0.39, 0.29) is 5.97 Å². The van der Waals surface area contributed by atoms with Gasteiger partial charge in [0.2, 0.25) is 0 Å². The second-order valence-electron chi connectivity index (χ2n) is 3.69. The molecule has 0 saturated carbocycles. The highest BCUT2D eigenvalue weighted by Gasteiger charge is 2.03. The van der Waals surface area contributed by atoms with E-state index in [0.717, 1.165) is 16.7 Å². The Morgan fingerprint density at radius 2 is 2.00 bits per heavy atom. The SMILES string of the molecule is [C-]#[N+]c1cc(C)c(/C=C/C(=O)OCC)c(C)c1. The van der Waals surface area contributed by atoms with Crippen molar-refractivity contribution in [3.8, 4) is 0 Å². The molecule has 0 aliphatic heterocycles.